The maximum absolute atomic E-state index is 9.33. The van der Waals surface area contributed by atoms with E-state index >= 15 is 0 Å². The van der Waals surface area contributed by atoms with Gasteiger partial charge < -0.3 is 15.7 Å². The molecule has 0 aliphatic heterocycles. The van der Waals surface area contributed by atoms with Gasteiger partial charge in [0.1, 0.15) is 0 Å². The van der Waals surface area contributed by atoms with Crippen molar-refractivity contribution in [3.8, 4) is 0 Å². The van der Waals surface area contributed by atoms with Crippen LogP contribution in [0.15, 0.2) is 29.3 Å². The average Bonchev–Trinajstić information content (AvgIpc) is 2.49. The number of hydrogen-bond acceptors (Lipinski definition) is 2. The highest BCUT2D eigenvalue weighted by Crippen LogP contribution is 2.09. The van der Waals surface area contributed by atoms with Crippen LogP contribution >= 0.6 is 0 Å². The van der Waals surface area contributed by atoms with Crippen LogP contribution in [-0.4, -0.2) is 24.2 Å². The van der Waals surface area contributed by atoms with E-state index in [2.05, 4.69) is 36.4 Å². The van der Waals surface area contributed by atoms with Gasteiger partial charge in [-0.2, -0.15) is 0 Å². The van der Waals surface area contributed by atoms with Gasteiger partial charge in [0, 0.05) is 13.1 Å². The smallest absolute Gasteiger partial charge is 0.191 e. The Bertz CT molecular complexity index is 430. The summed E-state index contributed by atoms with van der Waals surface area (Å²) in [5.41, 5.74) is 2.01. The average molecular weight is 291 g/mol. The Hall–Kier alpha value is -1.55. The first-order valence-corrected chi connectivity index (χ1v) is 7.87. The number of aliphatic imine (C=N–C) groups is 1. The first kappa shape index (κ1) is 17.5. The van der Waals surface area contributed by atoms with Gasteiger partial charge in [-0.25, -0.2) is 4.99 Å². The Kier molecular flexibility index (Phi) is 8.51. The van der Waals surface area contributed by atoms with Crippen LogP contribution < -0.4 is 10.6 Å². The van der Waals surface area contributed by atoms with E-state index in [4.69, 9.17) is 0 Å². The molecule has 0 heterocycles. The highest BCUT2D eigenvalue weighted by molar-refractivity contribution is 5.79. The molecule has 0 aromatic heterocycles. The molecule has 0 saturated carbocycles. The van der Waals surface area contributed by atoms with Crippen LogP contribution in [0.1, 0.15) is 44.7 Å². The molecule has 118 valence electrons. The molecule has 0 unspecified atom stereocenters. The van der Waals surface area contributed by atoms with Gasteiger partial charge in [0.25, 0.3) is 0 Å². The van der Waals surface area contributed by atoms with Crippen LogP contribution in [0.5, 0.6) is 0 Å². The van der Waals surface area contributed by atoms with Crippen LogP contribution in [0.2, 0.25) is 0 Å². The second kappa shape index (κ2) is 10.2. The predicted octanol–water partition coefficient (Wildman–Crippen LogP) is 2.67. The molecular formula is C17H29N3O. The van der Waals surface area contributed by atoms with Crippen molar-refractivity contribution >= 4 is 5.96 Å². The van der Waals surface area contributed by atoms with Crippen molar-refractivity contribution in [2.75, 3.05) is 13.1 Å². The fourth-order valence-electron chi connectivity index (χ4n) is 2.09. The van der Waals surface area contributed by atoms with E-state index in [1.807, 2.05) is 24.3 Å². The van der Waals surface area contributed by atoms with Crippen molar-refractivity contribution in [3.63, 3.8) is 0 Å². The Balaban J connectivity index is 2.54. The van der Waals surface area contributed by atoms with Gasteiger partial charge in [-0.05, 0) is 36.8 Å². The summed E-state index contributed by atoms with van der Waals surface area (Å²) in [6, 6.07) is 7.87. The van der Waals surface area contributed by atoms with Crippen molar-refractivity contribution in [2.45, 2.75) is 46.8 Å². The standard InChI is InChI=1S/C17H29N3O/c1-4-18-17(19-11-7-8-14(2)3)20-12-15-9-5-6-10-16(15)13-21/h5-6,9-10,14,21H,4,7-8,11-13H2,1-3H3,(H2,18,19,20). The Labute approximate surface area is 128 Å². The van der Waals surface area contributed by atoms with Gasteiger partial charge in [-0.3, -0.25) is 0 Å². The van der Waals surface area contributed by atoms with Crippen LogP contribution in [0, 0.1) is 5.92 Å². The van der Waals surface area contributed by atoms with E-state index in [9.17, 15) is 5.11 Å². The lowest BCUT2D eigenvalue weighted by atomic mass is 10.1. The van der Waals surface area contributed by atoms with E-state index < -0.39 is 0 Å². The number of nitrogens with one attached hydrogen (secondary N) is 2. The number of nitrogens with zero attached hydrogens (tertiary/aromatic N) is 1. The summed E-state index contributed by atoms with van der Waals surface area (Å²) in [6.45, 7) is 8.97. The lowest BCUT2D eigenvalue weighted by Crippen LogP contribution is -2.37. The van der Waals surface area contributed by atoms with E-state index in [-0.39, 0.29) is 6.61 Å². The fourth-order valence-corrected chi connectivity index (χ4v) is 2.09. The number of guanidine groups is 1. The summed E-state index contributed by atoms with van der Waals surface area (Å²) in [5.74, 6) is 1.58. The number of benzene rings is 1. The third-order valence-corrected chi connectivity index (χ3v) is 3.29. The molecule has 0 bridgehead atoms. The summed E-state index contributed by atoms with van der Waals surface area (Å²) in [4.78, 5) is 4.59. The van der Waals surface area contributed by atoms with E-state index in [1.165, 1.54) is 6.42 Å². The Morgan fingerprint density at radius 3 is 2.52 bits per heavy atom. The molecule has 0 amide bonds. The molecule has 0 aliphatic carbocycles. The van der Waals surface area contributed by atoms with Crippen molar-refractivity contribution in [1.82, 2.24) is 10.6 Å². The third kappa shape index (κ3) is 7.14. The van der Waals surface area contributed by atoms with Gasteiger partial charge in [-0.15, -0.1) is 0 Å². The van der Waals surface area contributed by atoms with Crippen LogP contribution in [-0.2, 0) is 13.2 Å². The second-order valence-corrected chi connectivity index (χ2v) is 5.58. The molecule has 0 atom stereocenters. The highest BCUT2D eigenvalue weighted by atomic mass is 16.3. The maximum Gasteiger partial charge on any atom is 0.191 e. The quantitative estimate of drug-likeness (QED) is 0.392. The molecule has 0 fully saturated rings. The number of aliphatic hydroxyl groups is 1. The zero-order valence-corrected chi connectivity index (χ0v) is 13.5. The summed E-state index contributed by atoms with van der Waals surface area (Å²) >= 11 is 0. The van der Waals surface area contributed by atoms with E-state index in [1.54, 1.807) is 0 Å². The van der Waals surface area contributed by atoms with Gasteiger partial charge in [0.2, 0.25) is 0 Å². The predicted molar refractivity (Wildman–Crippen MR) is 89.3 cm³/mol. The van der Waals surface area contributed by atoms with Crippen molar-refractivity contribution in [3.05, 3.63) is 35.4 Å². The highest BCUT2D eigenvalue weighted by Gasteiger charge is 2.01. The van der Waals surface area contributed by atoms with Crippen LogP contribution in [0.25, 0.3) is 0 Å². The molecule has 0 aliphatic rings. The van der Waals surface area contributed by atoms with E-state index in [0.717, 1.165) is 42.5 Å². The minimum absolute atomic E-state index is 0.0596. The minimum Gasteiger partial charge on any atom is -0.392 e. The van der Waals surface area contributed by atoms with E-state index in [0.29, 0.717) is 6.54 Å². The zero-order chi connectivity index (χ0) is 15.5. The normalized spacial score (nSPS) is 11.8. The minimum atomic E-state index is 0.0596. The summed E-state index contributed by atoms with van der Waals surface area (Å²) < 4.78 is 0. The fraction of sp³-hybridized carbons (Fsp3) is 0.588. The lowest BCUT2D eigenvalue weighted by molar-refractivity contribution is 0.280. The number of hydrogen-bond donors (Lipinski definition) is 3. The topological polar surface area (TPSA) is 56.7 Å². The third-order valence-electron chi connectivity index (χ3n) is 3.29. The molecule has 4 heteroatoms. The molecule has 3 N–H and O–H groups in total. The molecule has 1 aromatic rings. The first-order valence-electron chi connectivity index (χ1n) is 7.87. The molecule has 1 aromatic carbocycles. The first-order chi connectivity index (χ1) is 10.2. The molecule has 1 rings (SSSR count). The van der Waals surface area contributed by atoms with Gasteiger partial charge >= 0.3 is 0 Å². The van der Waals surface area contributed by atoms with Crippen molar-refractivity contribution in [1.29, 1.82) is 0 Å². The Morgan fingerprint density at radius 1 is 1.19 bits per heavy atom. The van der Waals surface area contributed by atoms with Crippen molar-refractivity contribution < 1.29 is 5.11 Å². The van der Waals surface area contributed by atoms with Crippen molar-refractivity contribution in [2.24, 2.45) is 10.9 Å². The monoisotopic (exact) mass is 291 g/mol. The van der Waals surface area contributed by atoms with Crippen LogP contribution in [0.3, 0.4) is 0 Å². The second-order valence-electron chi connectivity index (χ2n) is 5.58. The maximum atomic E-state index is 9.33. The van der Waals surface area contributed by atoms with Gasteiger partial charge in [0.05, 0.1) is 13.2 Å². The lowest BCUT2D eigenvalue weighted by Gasteiger charge is -2.12. The molecule has 0 radical (unpaired) electrons. The van der Waals surface area contributed by atoms with Gasteiger partial charge in [-0.1, -0.05) is 38.1 Å². The van der Waals surface area contributed by atoms with Gasteiger partial charge in [0.15, 0.2) is 5.96 Å². The molecule has 0 spiro atoms. The number of aliphatic hydroxyl groups excluding tert-OH is 1. The van der Waals surface area contributed by atoms with Crippen LogP contribution in [0.4, 0.5) is 0 Å². The summed E-state index contributed by atoms with van der Waals surface area (Å²) in [6.07, 6.45) is 2.37. The molecular weight excluding hydrogens is 262 g/mol. The largest absolute Gasteiger partial charge is 0.392 e. The molecule has 4 nitrogen and oxygen atoms in total. The molecule has 0 saturated heterocycles. The zero-order valence-electron chi connectivity index (χ0n) is 13.5. The Morgan fingerprint density at radius 2 is 1.90 bits per heavy atom. The SMILES string of the molecule is CCNC(=NCc1ccccc1CO)NCCCC(C)C. The summed E-state index contributed by atoms with van der Waals surface area (Å²) in [7, 11) is 0. The number of rotatable bonds is 8. The summed E-state index contributed by atoms with van der Waals surface area (Å²) in [5, 5.41) is 15.9. The molecule has 21 heavy (non-hydrogen) atoms.